The Morgan fingerprint density at radius 3 is 2.62 bits per heavy atom. The van der Waals surface area contributed by atoms with Crippen molar-refractivity contribution in [3.8, 4) is 17.1 Å². The van der Waals surface area contributed by atoms with Crippen LogP contribution in [0.1, 0.15) is 11.1 Å². The first-order valence-electron chi connectivity index (χ1n) is 6.47. The first-order valence-corrected chi connectivity index (χ1v) is 7.27. The van der Waals surface area contributed by atoms with Crippen LogP contribution >= 0.6 is 15.9 Å². The molecule has 0 spiro atoms. The van der Waals surface area contributed by atoms with E-state index in [-0.39, 0.29) is 0 Å². The molecule has 21 heavy (non-hydrogen) atoms. The molecule has 6 heteroatoms. The third-order valence-corrected chi connectivity index (χ3v) is 3.96. The molecule has 0 radical (unpaired) electrons. The Bertz CT molecular complexity index is 810. The molecule has 5 nitrogen and oxygen atoms in total. The molecule has 0 aliphatic rings. The molecular formula is C15H14BrN5. The van der Waals surface area contributed by atoms with Crippen molar-refractivity contribution < 1.29 is 0 Å². The zero-order valence-corrected chi connectivity index (χ0v) is 13.3. The first-order chi connectivity index (χ1) is 10.1. The second-order valence-corrected chi connectivity index (χ2v) is 5.79. The molecule has 0 saturated carbocycles. The highest BCUT2D eigenvalue weighted by Gasteiger charge is 2.13. The SMILES string of the molecule is Cc1ccc(-n2nnnc2-c2ccc(N)c(C)c2)c(Br)c1. The normalized spacial score (nSPS) is 10.8. The molecule has 2 aromatic carbocycles. The Morgan fingerprint density at radius 1 is 1.10 bits per heavy atom. The van der Waals surface area contributed by atoms with Gasteiger partial charge in [-0.1, -0.05) is 6.07 Å². The lowest BCUT2D eigenvalue weighted by Crippen LogP contribution is -2.01. The van der Waals surface area contributed by atoms with E-state index in [1.165, 1.54) is 5.56 Å². The lowest BCUT2D eigenvalue weighted by Gasteiger charge is -2.08. The number of nitrogens with zero attached hydrogens (tertiary/aromatic N) is 4. The lowest BCUT2D eigenvalue weighted by atomic mass is 10.1. The minimum atomic E-state index is 0.683. The van der Waals surface area contributed by atoms with Crippen molar-refractivity contribution in [3.05, 3.63) is 52.0 Å². The van der Waals surface area contributed by atoms with Gasteiger partial charge in [0.05, 0.1) is 5.69 Å². The number of aryl methyl sites for hydroxylation is 2. The van der Waals surface area contributed by atoms with Gasteiger partial charge in [-0.25, -0.2) is 0 Å². The van der Waals surface area contributed by atoms with Crippen LogP contribution in [0, 0.1) is 13.8 Å². The molecule has 0 bridgehead atoms. The first kappa shape index (κ1) is 13.8. The molecule has 0 saturated heterocycles. The molecule has 0 unspecified atom stereocenters. The van der Waals surface area contributed by atoms with Crippen molar-refractivity contribution in [1.29, 1.82) is 0 Å². The van der Waals surface area contributed by atoms with Gasteiger partial charge < -0.3 is 5.73 Å². The Balaban J connectivity index is 2.14. The summed E-state index contributed by atoms with van der Waals surface area (Å²) in [5.74, 6) is 0.683. The Kier molecular flexibility index (Phi) is 3.47. The molecule has 0 aliphatic carbocycles. The summed E-state index contributed by atoms with van der Waals surface area (Å²) in [5.41, 5.74) is 10.6. The van der Waals surface area contributed by atoms with Gasteiger partial charge in [0.2, 0.25) is 0 Å². The summed E-state index contributed by atoms with van der Waals surface area (Å²) in [7, 11) is 0. The maximum Gasteiger partial charge on any atom is 0.187 e. The number of aromatic nitrogens is 4. The second kappa shape index (κ2) is 5.29. The molecule has 2 N–H and O–H groups in total. The van der Waals surface area contributed by atoms with Gasteiger partial charge in [-0.3, -0.25) is 0 Å². The van der Waals surface area contributed by atoms with E-state index in [0.29, 0.717) is 5.82 Å². The molecule has 3 aromatic rings. The van der Waals surface area contributed by atoms with Crippen LogP contribution in [0.4, 0.5) is 5.69 Å². The molecule has 106 valence electrons. The van der Waals surface area contributed by atoms with E-state index in [1.54, 1.807) is 4.68 Å². The van der Waals surface area contributed by atoms with Crippen LogP contribution in [0.2, 0.25) is 0 Å². The highest BCUT2D eigenvalue weighted by molar-refractivity contribution is 9.10. The van der Waals surface area contributed by atoms with Gasteiger partial charge in [-0.05, 0) is 81.7 Å². The van der Waals surface area contributed by atoms with Gasteiger partial charge in [0.1, 0.15) is 0 Å². The van der Waals surface area contributed by atoms with Crippen LogP contribution in [0.5, 0.6) is 0 Å². The maximum atomic E-state index is 5.87. The fraction of sp³-hybridized carbons (Fsp3) is 0.133. The third-order valence-electron chi connectivity index (χ3n) is 3.33. The number of hydrogen-bond donors (Lipinski definition) is 1. The molecule has 1 aromatic heterocycles. The summed E-state index contributed by atoms with van der Waals surface area (Å²) >= 11 is 3.56. The molecule has 3 rings (SSSR count). The van der Waals surface area contributed by atoms with Crippen molar-refractivity contribution in [2.24, 2.45) is 0 Å². The molecule has 0 aliphatic heterocycles. The number of nitrogens with two attached hydrogens (primary N) is 1. The van der Waals surface area contributed by atoms with Crippen molar-refractivity contribution >= 4 is 21.6 Å². The average Bonchev–Trinajstić information content (AvgIpc) is 2.91. The highest BCUT2D eigenvalue weighted by atomic mass is 79.9. The van der Waals surface area contributed by atoms with Crippen LogP contribution in [0.3, 0.4) is 0 Å². The van der Waals surface area contributed by atoms with E-state index in [9.17, 15) is 0 Å². The summed E-state index contributed by atoms with van der Waals surface area (Å²) in [6, 6.07) is 11.8. The van der Waals surface area contributed by atoms with Crippen LogP contribution in [0.25, 0.3) is 17.1 Å². The fourth-order valence-electron chi connectivity index (χ4n) is 2.13. The van der Waals surface area contributed by atoms with Crippen molar-refractivity contribution in [3.63, 3.8) is 0 Å². The van der Waals surface area contributed by atoms with E-state index in [0.717, 1.165) is 27.0 Å². The number of halogens is 1. The summed E-state index contributed by atoms with van der Waals surface area (Å²) in [6.45, 7) is 4.01. The van der Waals surface area contributed by atoms with E-state index >= 15 is 0 Å². The third kappa shape index (κ3) is 2.54. The van der Waals surface area contributed by atoms with E-state index in [4.69, 9.17) is 5.73 Å². The number of hydrogen-bond acceptors (Lipinski definition) is 4. The maximum absolute atomic E-state index is 5.87. The van der Waals surface area contributed by atoms with Gasteiger partial charge in [0.15, 0.2) is 5.82 Å². The van der Waals surface area contributed by atoms with Crippen LogP contribution < -0.4 is 5.73 Å². The minimum Gasteiger partial charge on any atom is -0.399 e. The Morgan fingerprint density at radius 2 is 1.90 bits per heavy atom. The number of anilines is 1. The van der Waals surface area contributed by atoms with Gasteiger partial charge in [0.25, 0.3) is 0 Å². The second-order valence-electron chi connectivity index (χ2n) is 4.94. The smallest absolute Gasteiger partial charge is 0.187 e. The van der Waals surface area contributed by atoms with Gasteiger partial charge in [-0.15, -0.1) is 5.10 Å². The number of nitrogen functional groups attached to an aromatic ring is 1. The molecule has 0 fully saturated rings. The van der Waals surface area contributed by atoms with Crippen molar-refractivity contribution in [1.82, 2.24) is 20.2 Å². The quantitative estimate of drug-likeness (QED) is 0.725. The van der Waals surface area contributed by atoms with Crippen LogP contribution in [-0.4, -0.2) is 20.2 Å². The highest BCUT2D eigenvalue weighted by Crippen LogP contribution is 2.27. The van der Waals surface area contributed by atoms with E-state index in [2.05, 4.69) is 31.5 Å². The minimum absolute atomic E-state index is 0.683. The number of tetrazole rings is 1. The molecule has 0 amide bonds. The molecule has 1 heterocycles. The Hall–Kier alpha value is -2.21. The number of rotatable bonds is 2. The van der Waals surface area contributed by atoms with Gasteiger partial charge >= 0.3 is 0 Å². The summed E-state index contributed by atoms with van der Waals surface area (Å²) in [6.07, 6.45) is 0. The topological polar surface area (TPSA) is 69.6 Å². The van der Waals surface area contributed by atoms with Gasteiger partial charge in [0, 0.05) is 15.7 Å². The van der Waals surface area contributed by atoms with Gasteiger partial charge in [-0.2, -0.15) is 4.68 Å². The fourth-order valence-corrected chi connectivity index (χ4v) is 2.79. The number of benzene rings is 2. The van der Waals surface area contributed by atoms with Crippen LogP contribution in [-0.2, 0) is 0 Å². The standard InChI is InChI=1S/C15H14BrN5/c1-9-3-6-14(12(16)7-9)21-15(18-19-20-21)11-4-5-13(17)10(2)8-11/h3-8H,17H2,1-2H3. The van der Waals surface area contributed by atoms with E-state index < -0.39 is 0 Å². The Labute approximate surface area is 130 Å². The zero-order valence-electron chi connectivity index (χ0n) is 11.7. The van der Waals surface area contributed by atoms with E-state index in [1.807, 2.05) is 50.2 Å². The molecular weight excluding hydrogens is 330 g/mol. The average molecular weight is 344 g/mol. The molecule has 0 atom stereocenters. The van der Waals surface area contributed by atoms with Crippen molar-refractivity contribution in [2.75, 3.05) is 5.73 Å². The summed E-state index contributed by atoms with van der Waals surface area (Å²) in [4.78, 5) is 0. The zero-order chi connectivity index (χ0) is 15.0. The summed E-state index contributed by atoms with van der Waals surface area (Å²) < 4.78 is 2.66. The largest absolute Gasteiger partial charge is 0.399 e. The predicted molar refractivity (Wildman–Crippen MR) is 86.2 cm³/mol. The van der Waals surface area contributed by atoms with Crippen molar-refractivity contribution in [2.45, 2.75) is 13.8 Å². The lowest BCUT2D eigenvalue weighted by molar-refractivity contribution is 0.788. The monoisotopic (exact) mass is 343 g/mol. The van der Waals surface area contributed by atoms with Crippen LogP contribution in [0.15, 0.2) is 40.9 Å². The summed E-state index contributed by atoms with van der Waals surface area (Å²) in [5, 5.41) is 12.0. The predicted octanol–water partition coefficient (Wildman–Crippen LogP) is 3.29.